The molecule has 2 aliphatic rings. The van der Waals surface area contributed by atoms with Crippen molar-refractivity contribution in [1.29, 1.82) is 0 Å². The van der Waals surface area contributed by atoms with Gasteiger partial charge in [-0.15, -0.1) is 0 Å². The Morgan fingerprint density at radius 3 is 1.40 bits per heavy atom. The highest BCUT2D eigenvalue weighted by Crippen LogP contribution is 2.49. The molecule has 2 atom stereocenters. The van der Waals surface area contributed by atoms with Gasteiger partial charge in [0, 0.05) is 0 Å². The second-order valence-corrected chi connectivity index (χ2v) is 12.1. The number of hydrogen-bond acceptors (Lipinski definition) is 2. The largest absolute Gasteiger partial charge is 0.508 e. The first-order valence-corrected chi connectivity index (χ1v) is 13.6. The quantitative estimate of drug-likeness (QED) is 0.439. The van der Waals surface area contributed by atoms with E-state index in [0.29, 0.717) is 40.6 Å². The maximum absolute atomic E-state index is 10.2. The van der Waals surface area contributed by atoms with Crippen LogP contribution in [0.2, 0.25) is 0 Å². The summed E-state index contributed by atoms with van der Waals surface area (Å²) in [5.74, 6) is 2.89. The zero-order valence-electron chi connectivity index (χ0n) is 22.6. The Hall–Kier alpha value is -2.48. The van der Waals surface area contributed by atoms with Crippen LogP contribution < -0.4 is 0 Å². The summed E-state index contributed by atoms with van der Waals surface area (Å²) >= 11 is 0. The van der Waals surface area contributed by atoms with Crippen LogP contribution in [-0.4, -0.2) is 10.2 Å². The molecule has 2 unspecified atom stereocenters. The van der Waals surface area contributed by atoms with Crippen molar-refractivity contribution in [2.24, 2.45) is 17.3 Å². The SMILES string of the molecule is CC(C)c1cc(C2=CCC(C(C)(C)C3CC=C(c4ccc(O)c(C(C)C)c4)CC3)CC2)ccc1O. The Labute approximate surface area is 212 Å². The Morgan fingerprint density at radius 2 is 1.09 bits per heavy atom. The van der Waals surface area contributed by atoms with E-state index < -0.39 is 0 Å². The Kier molecular flexibility index (Phi) is 7.50. The Balaban J connectivity index is 1.44. The number of benzene rings is 2. The molecule has 0 fully saturated rings. The van der Waals surface area contributed by atoms with Crippen LogP contribution in [0, 0.1) is 17.3 Å². The summed E-state index contributed by atoms with van der Waals surface area (Å²) < 4.78 is 0. The van der Waals surface area contributed by atoms with Gasteiger partial charge in [0.05, 0.1) is 0 Å². The summed E-state index contributed by atoms with van der Waals surface area (Å²) in [4.78, 5) is 0. The van der Waals surface area contributed by atoms with E-state index in [1.165, 1.54) is 35.1 Å². The fraction of sp³-hybridized carbons (Fsp3) is 0.515. The zero-order valence-corrected chi connectivity index (χ0v) is 22.6. The molecule has 0 saturated carbocycles. The van der Waals surface area contributed by atoms with Gasteiger partial charge in [0.1, 0.15) is 11.5 Å². The van der Waals surface area contributed by atoms with E-state index in [0.717, 1.165) is 36.8 Å². The third-order valence-corrected chi connectivity index (χ3v) is 8.97. The average Bonchev–Trinajstić information content (AvgIpc) is 2.84. The molecule has 35 heavy (non-hydrogen) atoms. The molecule has 2 heteroatoms. The second kappa shape index (κ2) is 10.2. The zero-order chi connectivity index (χ0) is 25.3. The van der Waals surface area contributed by atoms with Crippen molar-refractivity contribution in [1.82, 2.24) is 0 Å². The monoisotopic (exact) mass is 472 g/mol. The lowest BCUT2D eigenvalue weighted by Gasteiger charge is -2.44. The molecule has 0 aromatic heterocycles. The lowest BCUT2D eigenvalue weighted by molar-refractivity contribution is 0.0991. The van der Waals surface area contributed by atoms with Crippen molar-refractivity contribution in [2.45, 2.75) is 91.9 Å². The fourth-order valence-electron chi connectivity index (χ4n) is 6.31. The molecule has 2 aromatic carbocycles. The average molecular weight is 473 g/mol. The Morgan fingerprint density at radius 1 is 0.686 bits per heavy atom. The number of allylic oxidation sites excluding steroid dienone is 4. The highest BCUT2D eigenvalue weighted by molar-refractivity contribution is 5.69. The number of phenolic OH excluding ortho intramolecular Hbond substituents is 2. The van der Waals surface area contributed by atoms with Crippen LogP contribution in [-0.2, 0) is 0 Å². The van der Waals surface area contributed by atoms with Crippen LogP contribution in [0.4, 0.5) is 0 Å². The minimum absolute atomic E-state index is 0.306. The summed E-state index contributed by atoms with van der Waals surface area (Å²) in [6.07, 6.45) is 11.9. The van der Waals surface area contributed by atoms with Crippen LogP contribution in [0.5, 0.6) is 11.5 Å². The van der Waals surface area contributed by atoms with Crippen molar-refractivity contribution in [3.05, 3.63) is 70.8 Å². The lowest BCUT2D eigenvalue weighted by Crippen LogP contribution is -2.34. The normalized spacial score (nSPS) is 21.3. The molecule has 0 spiro atoms. The van der Waals surface area contributed by atoms with Gasteiger partial charge in [0.2, 0.25) is 0 Å². The molecule has 0 aliphatic heterocycles. The van der Waals surface area contributed by atoms with Crippen LogP contribution in [0.3, 0.4) is 0 Å². The smallest absolute Gasteiger partial charge is 0.119 e. The maximum Gasteiger partial charge on any atom is 0.119 e. The van der Waals surface area contributed by atoms with Crippen LogP contribution >= 0.6 is 0 Å². The number of hydrogen-bond donors (Lipinski definition) is 2. The summed E-state index contributed by atoms with van der Waals surface area (Å²) in [5, 5.41) is 20.4. The molecule has 0 bridgehead atoms. The third-order valence-electron chi connectivity index (χ3n) is 8.97. The minimum Gasteiger partial charge on any atom is -0.508 e. The number of aromatic hydroxyl groups is 2. The standard InChI is InChI=1S/C33H44O2/c1-21(2)29-19-25(11-17-31(29)34)23-7-13-27(14-8-23)33(5,6)28-15-9-24(10-16-28)26-12-18-32(35)30(20-26)22(3)4/h7,9,11-12,17-22,27-28,34-35H,8,10,13-16H2,1-6H3. The van der Waals surface area contributed by atoms with Gasteiger partial charge in [-0.2, -0.15) is 0 Å². The first-order chi connectivity index (χ1) is 16.6. The highest BCUT2D eigenvalue weighted by atomic mass is 16.3. The van der Waals surface area contributed by atoms with Gasteiger partial charge in [0.25, 0.3) is 0 Å². The van der Waals surface area contributed by atoms with Crippen molar-refractivity contribution in [3.63, 3.8) is 0 Å². The number of rotatable bonds is 6. The molecule has 4 rings (SSSR count). The maximum atomic E-state index is 10.2. The predicted octanol–water partition coefficient (Wildman–Crippen LogP) is 9.44. The van der Waals surface area contributed by atoms with Crippen molar-refractivity contribution in [2.75, 3.05) is 0 Å². The van der Waals surface area contributed by atoms with Crippen LogP contribution in [0.15, 0.2) is 48.6 Å². The molecule has 0 amide bonds. The molecule has 0 saturated heterocycles. The van der Waals surface area contributed by atoms with Gasteiger partial charge < -0.3 is 10.2 Å². The van der Waals surface area contributed by atoms with E-state index in [1.54, 1.807) is 0 Å². The van der Waals surface area contributed by atoms with Crippen LogP contribution in [0.25, 0.3) is 11.1 Å². The van der Waals surface area contributed by atoms with E-state index in [2.05, 4.69) is 78.0 Å². The Bertz CT molecular complexity index is 1030. The van der Waals surface area contributed by atoms with Crippen molar-refractivity contribution in [3.8, 4) is 11.5 Å². The summed E-state index contributed by atoms with van der Waals surface area (Å²) in [7, 11) is 0. The summed E-state index contributed by atoms with van der Waals surface area (Å²) in [5.41, 5.74) is 7.84. The van der Waals surface area contributed by atoms with E-state index in [-0.39, 0.29) is 0 Å². The fourth-order valence-corrected chi connectivity index (χ4v) is 6.31. The second-order valence-electron chi connectivity index (χ2n) is 12.1. The lowest BCUT2D eigenvalue weighted by atomic mass is 9.61. The van der Waals surface area contributed by atoms with E-state index in [1.807, 2.05) is 12.1 Å². The van der Waals surface area contributed by atoms with E-state index >= 15 is 0 Å². The highest BCUT2D eigenvalue weighted by Gasteiger charge is 2.38. The van der Waals surface area contributed by atoms with Gasteiger partial charge >= 0.3 is 0 Å². The van der Waals surface area contributed by atoms with E-state index in [9.17, 15) is 10.2 Å². The molecular weight excluding hydrogens is 428 g/mol. The van der Waals surface area contributed by atoms with Gasteiger partial charge in [-0.3, -0.25) is 0 Å². The summed E-state index contributed by atoms with van der Waals surface area (Å²) in [6.45, 7) is 13.6. The van der Waals surface area contributed by atoms with E-state index in [4.69, 9.17) is 0 Å². The molecule has 2 N–H and O–H groups in total. The topological polar surface area (TPSA) is 40.5 Å². The predicted molar refractivity (Wildman–Crippen MR) is 149 cm³/mol. The first-order valence-electron chi connectivity index (χ1n) is 13.6. The molecule has 0 heterocycles. The van der Waals surface area contributed by atoms with Gasteiger partial charge in [-0.1, -0.05) is 65.8 Å². The molecule has 2 nitrogen and oxygen atoms in total. The number of phenols is 2. The van der Waals surface area contributed by atoms with Gasteiger partial charge in [0.15, 0.2) is 0 Å². The van der Waals surface area contributed by atoms with Gasteiger partial charge in [-0.05, 0) is 125 Å². The first kappa shape index (κ1) is 25.6. The summed E-state index contributed by atoms with van der Waals surface area (Å²) in [6, 6.07) is 12.3. The van der Waals surface area contributed by atoms with Crippen molar-refractivity contribution >= 4 is 11.1 Å². The molecule has 2 aromatic rings. The molecule has 188 valence electrons. The molecular formula is C33H44O2. The molecule has 2 aliphatic carbocycles. The third kappa shape index (κ3) is 5.37. The van der Waals surface area contributed by atoms with Crippen LogP contribution in [0.1, 0.15) is 114 Å². The van der Waals surface area contributed by atoms with Crippen molar-refractivity contribution < 1.29 is 10.2 Å². The minimum atomic E-state index is 0.306. The van der Waals surface area contributed by atoms with Gasteiger partial charge in [-0.25, -0.2) is 0 Å². The molecule has 0 radical (unpaired) electrons.